The zero-order chi connectivity index (χ0) is 11.6. The molecule has 2 heterocycles. The van der Waals surface area contributed by atoms with Crippen LogP contribution in [-0.4, -0.2) is 24.6 Å². The zero-order valence-corrected chi connectivity index (χ0v) is 11.2. The molecule has 1 aliphatic heterocycles. The molecule has 0 bridgehead atoms. The summed E-state index contributed by atoms with van der Waals surface area (Å²) in [5.41, 5.74) is 6.13. The van der Waals surface area contributed by atoms with Gasteiger partial charge in [-0.1, -0.05) is 6.92 Å². The first-order valence-corrected chi connectivity index (χ1v) is 6.49. The molecule has 0 aromatic carbocycles. The van der Waals surface area contributed by atoms with Gasteiger partial charge in [0, 0.05) is 19.3 Å². The largest absolute Gasteiger partial charge is 0.356 e. The predicted molar refractivity (Wildman–Crippen MR) is 70.5 cm³/mol. The van der Waals surface area contributed by atoms with Gasteiger partial charge in [-0.05, 0) is 52.9 Å². The van der Waals surface area contributed by atoms with Crippen molar-refractivity contribution in [3.63, 3.8) is 0 Å². The minimum absolute atomic E-state index is 0.317. The Morgan fingerprint density at radius 3 is 2.75 bits per heavy atom. The number of anilines is 1. The van der Waals surface area contributed by atoms with Crippen molar-refractivity contribution in [1.29, 1.82) is 0 Å². The van der Waals surface area contributed by atoms with Crippen molar-refractivity contribution in [3.05, 3.63) is 22.8 Å². The molecule has 0 unspecified atom stereocenters. The molecule has 0 saturated carbocycles. The monoisotopic (exact) mass is 283 g/mol. The predicted octanol–water partition coefficient (Wildman–Crippen LogP) is 2.41. The summed E-state index contributed by atoms with van der Waals surface area (Å²) in [5.74, 6) is 1.06. The van der Waals surface area contributed by atoms with E-state index in [4.69, 9.17) is 5.73 Å². The number of hydrogen-bond acceptors (Lipinski definition) is 3. The number of aromatic nitrogens is 1. The number of pyridine rings is 1. The number of nitrogens with two attached hydrogens (primary N) is 1. The molecular weight excluding hydrogens is 266 g/mol. The maximum Gasteiger partial charge on any atom is 0.142 e. The van der Waals surface area contributed by atoms with Crippen LogP contribution in [0, 0.1) is 5.41 Å². The maximum absolute atomic E-state index is 5.81. The Kier molecular flexibility index (Phi) is 3.50. The highest BCUT2D eigenvalue weighted by molar-refractivity contribution is 9.10. The third-order valence-corrected chi connectivity index (χ3v) is 4.12. The van der Waals surface area contributed by atoms with Gasteiger partial charge in [0.2, 0.25) is 0 Å². The first-order valence-electron chi connectivity index (χ1n) is 5.70. The van der Waals surface area contributed by atoms with Gasteiger partial charge >= 0.3 is 0 Å². The van der Waals surface area contributed by atoms with E-state index in [0.29, 0.717) is 5.41 Å². The second-order valence-corrected chi connectivity index (χ2v) is 5.67. The van der Waals surface area contributed by atoms with Gasteiger partial charge < -0.3 is 10.6 Å². The molecule has 1 aliphatic rings. The SMILES string of the molecule is CC1(CN)CCN(c2ncccc2Br)CC1. The summed E-state index contributed by atoms with van der Waals surface area (Å²) in [6.07, 6.45) is 4.13. The molecule has 1 saturated heterocycles. The summed E-state index contributed by atoms with van der Waals surface area (Å²) in [7, 11) is 0. The molecule has 0 radical (unpaired) electrons. The van der Waals surface area contributed by atoms with Crippen LogP contribution in [0.5, 0.6) is 0 Å². The van der Waals surface area contributed by atoms with Gasteiger partial charge in [-0.2, -0.15) is 0 Å². The molecular formula is C12H18BrN3. The highest BCUT2D eigenvalue weighted by atomic mass is 79.9. The summed E-state index contributed by atoms with van der Waals surface area (Å²) in [6, 6.07) is 3.99. The first-order chi connectivity index (χ1) is 7.64. The van der Waals surface area contributed by atoms with E-state index in [1.54, 1.807) is 0 Å². The highest BCUT2D eigenvalue weighted by Crippen LogP contribution is 2.33. The fourth-order valence-corrected chi connectivity index (χ4v) is 2.58. The minimum Gasteiger partial charge on any atom is -0.356 e. The van der Waals surface area contributed by atoms with E-state index in [1.165, 1.54) is 0 Å². The van der Waals surface area contributed by atoms with Crippen molar-refractivity contribution in [2.24, 2.45) is 11.1 Å². The average Bonchev–Trinajstić information content (AvgIpc) is 2.31. The normalized spacial score (nSPS) is 19.8. The fraction of sp³-hybridized carbons (Fsp3) is 0.583. The van der Waals surface area contributed by atoms with Crippen LogP contribution >= 0.6 is 15.9 Å². The van der Waals surface area contributed by atoms with Crippen molar-refractivity contribution in [2.45, 2.75) is 19.8 Å². The van der Waals surface area contributed by atoms with Crippen LogP contribution in [0.3, 0.4) is 0 Å². The van der Waals surface area contributed by atoms with Gasteiger partial charge in [-0.15, -0.1) is 0 Å². The summed E-state index contributed by atoms with van der Waals surface area (Å²) >= 11 is 3.55. The lowest BCUT2D eigenvalue weighted by atomic mass is 9.80. The number of halogens is 1. The Morgan fingerprint density at radius 2 is 2.19 bits per heavy atom. The van der Waals surface area contributed by atoms with E-state index in [-0.39, 0.29) is 0 Å². The molecule has 3 nitrogen and oxygen atoms in total. The Bertz CT molecular complexity index is 359. The summed E-state index contributed by atoms with van der Waals surface area (Å²) in [6.45, 7) is 5.15. The molecule has 4 heteroatoms. The fourth-order valence-electron chi connectivity index (χ4n) is 2.07. The Morgan fingerprint density at radius 1 is 1.50 bits per heavy atom. The van der Waals surface area contributed by atoms with Gasteiger partial charge in [0.15, 0.2) is 0 Å². The molecule has 0 amide bonds. The van der Waals surface area contributed by atoms with E-state index < -0.39 is 0 Å². The van der Waals surface area contributed by atoms with Crippen LogP contribution < -0.4 is 10.6 Å². The molecule has 1 aromatic rings. The van der Waals surface area contributed by atoms with Crippen LogP contribution in [0.2, 0.25) is 0 Å². The van der Waals surface area contributed by atoms with Gasteiger partial charge in [0.25, 0.3) is 0 Å². The lowest BCUT2D eigenvalue weighted by Crippen LogP contribution is -2.42. The lowest BCUT2D eigenvalue weighted by molar-refractivity contribution is 0.258. The lowest BCUT2D eigenvalue weighted by Gasteiger charge is -2.39. The number of rotatable bonds is 2. The Labute approximate surface area is 105 Å². The molecule has 1 fully saturated rings. The molecule has 0 spiro atoms. The van der Waals surface area contributed by atoms with Crippen molar-refractivity contribution >= 4 is 21.7 Å². The topological polar surface area (TPSA) is 42.1 Å². The molecule has 2 rings (SSSR count). The molecule has 88 valence electrons. The van der Waals surface area contributed by atoms with Crippen LogP contribution in [0.1, 0.15) is 19.8 Å². The Balaban J connectivity index is 2.07. The van der Waals surface area contributed by atoms with E-state index in [0.717, 1.165) is 42.8 Å². The first kappa shape index (κ1) is 11.9. The number of piperidine rings is 1. The second kappa shape index (κ2) is 4.72. The third-order valence-electron chi connectivity index (χ3n) is 3.50. The van der Waals surface area contributed by atoms with Crippen LogP contribution in [0.15, 0.2) is 22.8 Å². The Hall–Kier alpha value is -0.610. The van der Waals surface area contributed by atoms with Gasteiger partial charge in [-0.25, -0.2) is 4.98 Å². The quantitative estimate of drug-likeness (QED) is 0.906. The van der Waals surface area contributed by atoms with E-state index in [2.05, 4.69) is 32.7 Å². The van der Waals surface area contributed by atoms with Crippen molar-refractivity contribution in [3.8, 4) is 0 Å². The number of nitrogens with zero attached hydrogens (tertiary/aromatic N) is 2. The average molecular weight is 284 g/mol. The van der Waals surface area contributed by atoms with Crippen molar-refractivity contribution < 1.29 is 0 Å². The van der Waals surface area contributed by atoms with Crippen LogP contribution in [0.4, 0.5) is 5.82 Å². The summed E-state index contributed by atoms with van der Waals surface area (Å²) in [4.78, 5) is 6.76. The van der Waals surface area contributed by atoms with Crippen LogP contribution in [-0.2, 0) is 0 Å². The van der Waals surface area contributed by atoms with Gasteiger partial charge in [-0.3, -0.25) is 0 Å². The van der Waals surface area contributed by atoms with E-state index in [1.807, 2.05) is 18.3 Å². The van der Waals surface area contributed by atoms with E-state index in [9.17, 15) is 0 Å². The maximum atomic E-state index is 5.81. The summed E-state index contributed by atoms with van der Waals surface area (Å²) < 4.78 is 1.08. The molecule has 0 aliphatic carbocycles. The zero-order valence-electron chi connectivity index (χ0n) is 9.62. The van der Waals surface area contributed by atoms with Gasteiger partial charge in [0.05, 0.1) is 4.47 Å². The molecule has 1 aromatic heterocycles. The molecule has 16 heavy (non-hydrogen) atoms. The molecule has 2 N–H and O–H groups in total. The highest BCUT2D eigenvalue weighted by Gasteiger charge is 2.29. The second-order valence-electron chi connectivity index (χ2n) is 4.81. The summed E-state index contributed by atoms with van der Waals surface area (Å²) in [5, 5.41) is 0. The van der Waals surface area contributed by atoms with Gasteiger partial charge in [0.1, 0.15) is 5.82 Å². The standard InChI is InChI=1S/C12H18BrN3/c1-12(9-14)4-7-16(8-5-12)11-10(13)3-2-6-15-11/h2-3,6H,4-5,7-9,14H2,1H3. The number of hydrogen-bond donors (Lipinski definition) is 1. The smallest absolute Gasteiger partial charge is 0.142 e. The van der Waals surface area contributed by atoms with Crippen molar-refractivity contribution in [1.82, 2.24) is 4.98 Å². The van der Waals surface area contributed by atoms with Crippen molar-refractivity contribution in [2.75, 3.05) is 24.5 Å². The third kappa shape index (κ3) is 2.38. The molecule has 0 atom stereocenters. The van der Waals surface area contributed by atoms with Crippen LogP contribution in [0.25, 0.3) is 0 Å². The minimum atomic E-state index is 0.317. The van der Waals surface area contributed by atoms with E-state index >= 15 is 0 Å².